The molecule has 6 nitrogen and oxygen atoms in total. The highest BCUT2D eigenvalue weighted by atomic mass is 35.5. The summed E-state index contributed by atoms with van der Waals surface area (Å²) in [4.78, 5) is 16.1. The lowest BCUT2D eigenvalue weighted by Crippen LogP contribution is -2.58. The molecule has 3 saturated carbocycles. The van der Waals surface area contributed by atoms with Gasteiger partial charge in [-0.25, -0.2) is 9.98 Å². The van der Waals surface area contributed by atoms with Crippen molar-refractivity contribution in [3.8, 4) is 5.88 Å². The number of hydrogen-bond donors (Lipinski definition) is 3. The SMILES string of the molecule is C[C@@H]1[C@H]2CC(C[C@H]1Nc1nc(O)c(C=C3C=Nc4ncccc43)[nH]1)C2(C)C.Cl.Cl. The Labute approximate surface area is 183 Å². The standard InChI is InChI=1S/C21H25N5O.2ClH/c1-11-15-8-13(21(15,2)3)9-16(11)24-20-25-17(19(27)26-20)7-12-10-23-18-14(12)5-4-6-22-18;;/h4-7,10-11,13,15-16,27H,8-9H2,1-3H3,(H2,24,25,26);2*1H/t11-,13?,15-,16-;;/m1../s1. The zero-order valence-corrected chi connectivity index (χ0v) is 18.3. The Bertz CT molecular complexity index is 968. The summed E-state index contributed by atoms with van der Waals surface area (Å²) in [5, 5.41) is 13.8. The summed E-state index contributed by atoms with van der Waals surface area (Å²) in [5.74, 6) is 3.48. The van der Waals surface area contributed by atoms with Crippen molar-refractivity contribution in [1.29, 1.82) is 0 Å². The predicted molar refractivity (Wildman–Crippen MR) is 122 cm³/mol. The van der Waals surface area contributed by atoms with E-state index in [0.717, 1.165) is 29.4 Å². The van der Waals surface area contributed by atoms with Crippen LogP contribution in [0, 0.1) is 23.2 Å². The number of nitrogens with zero attached hydrogens (tertiary/aromatic N) is 3. The number of rotatable bonds is 3. The maximum Gasteiger partial charge on any atom is 0.238 e. The summed E-state index contributed by atoms with van der Waals surface area (Å²) in [5.41, 5.74) is 2.92. The van der Waals surface area contributed by atoms with Crippen LogP contribution in [0.1, 0.15) is 44.9 Å². The van der Waals surface area contributed by atoms with E-state index in [0.29, 0.717) is 34.8 Å². The molecule has 156 valence electrons. The smallest absolute Gasteiger partial charge is 0.238 e. The van der Waals surface area contributed by atoms with E-state index < -0.39 is 0 Å². The van der Waals surface area contributed by atoms with Gasteiger partial charge in [0.2, 0.25) is 11.8 Å². The van der Waals surface area contributed by atoms with Crippen LogP contribution in [0.15, 0.2) is 23.3 Å². The van der Waals surface area contributed by atoms with Gasteiger partial charge in [0.15, 0.2) is 5.82 Å². The molecule has 6 rings (SSSR count). The first kappa shape index (κ1) is 21.7. The van der Waals surface area contributed by atoms with Gasteiger partial charge in [0, 0.05) is 29.6 Å². The molecule has 4 aliphatic rings. The van der Waals surface area contributed by atoms with Crippen LogP contribution < -0.4 is 5.32 Å². The Balaban J connectivity index is 0.00000120. The van der Waals surface area contributed by atoms with Crippen LogP contribution in [0.4, 0.5) is 11.8 Å². The zero-order chi connectivity index (χ0) is 18.8. The molecule has 0 saturated heterocycles. The first-order valence-corrected chi connectivity index (χ1v) is 9.70. The molecule has 3 N–H and O–H groups in total. The van der Waals surface area contributed by atoms with Crippen LogP contribution in [0.5, 0.6) is 5.88 Å². The van der Waals surface area contributed by atoms with Crippen LogP contribution in [-0.4, -0.2) is 32.3 Å². The largest absolute Gasteiger partial charge is 0.492 e. The summed E-state index contributed by atoms with van der Waals surface area (Å²) in [6, 6.07) is 4.26. The number of H-pyrrole nitrogens is 1. The molecule has 0 spiro atoms. The first-order chi connectivity index (χ1) is 12.9. The van der Waals surface area contributed by atoms with E-state index in [1.165, 1.54) is 6.42 Å². The maximum atomic E-state index is 10.3. The topological polar surface area (TPSA) is 86.2 Å². The molecular formula is C21H27Cl2N5O. The van der Waals surface area contributed by atoms with Crippen molar-refractivity contribution in [3.05, 3.63) is 29.6 Å². The third-order valence-corrected chi connectivity index (χ3v) is 7.11. The number of aliphatic imine (C=N–C) groups is 1. The van der Waals surface area contributed by atoms with Gasteiger partial charge in [-0.15, -0.1) is 24.8 Å². The van der Waals surface area contributed by atoms with E-state index in [1.54, 1.807) is 12.4 Å². The average molecular weight is 436 g/mol. The minimum absolute atomic E-state index is 0. The highest BCUT2D eigenvalue weighted by Crippen LogP contribution is 2.61. The Hall–Kier alpha value is -2.05. The number of anilines is 1. The average Bonchev–Trinajstić information content (AvgIpc) is 3.20. The van der Waals surface area contributed by atoms with Crippen molar-refractivity contribution in [3.63, 3.8) is 0 Å². The summed E-state index contributed by atoms with van der Waals surface area (Å²) in [6.07, 6.45) is 7.87. The number of hydrogen-bond acceptors (Lipinski definition) is 5. The Kier molecular flexibility index (Phi) is 5.71. The van der Waals surface area contributed by atoms with Crippen LogP contribution in [0.3, 0.4) is 0 Å². The van der Waals surface area contributed by atoms with Crippen LogP contribution in [0.25, 0.3) is 11.6 Å². The Morgan fingerprint density at radius 1 is 1.28 bits per heavy atom. The molecule has 2 aromatic heterocycles. The summed E-state index contributed by atoms with van der Waals surface area (Å²) < 4.78 is 0. The van der Waals surface area contributed by atoms with Crippen LogP contribution >= 0.6 is 24.8 Å². The third-order valence-electron chi connectivity index (χ3n) is 7.11. The molecular weight excluding hydrogens is 409 g/mol. The van der Waals surface area contributed by atoms with Crippen LogP contribution in [-0.2, 0) is 0 Å². The van der Waals surface area contributed by atoms with Crippen molar-refractivity contribution in [2.45, 2.75) is 39.7 Å². The predicted octanol–water partition coefficient (Wildman–Crippen LogP) is 5.09. The lowest BCUT2D eigenvalue weighted by Gasteiger charge is -2.62. The summed E-state index contributed by atoms with van der Waals surface area (Å²) >= 11 is 0. The van der Waals surface area contributed by atoms with E-state index in [4.69, 9.17) is 0 Å². The highest BCUT2D eigenvalue weighted by molar-refractivity contribution is 6.20. The second-order valence-electron chi connectivity index (χ2n) is 8.76. The molecule has 0 amide bonds. The van der Waals surface area contributed by atoms with Crippen molar-refractivity contribution in [2.75, 3.05) is 5.32 Å². The fourth-order valence-corrected chi connectivity index (χ4v) is 5.26. The monoisotopic (exact) mass is 435 g/mol. The van der Waals surface area contributed by atoms with Gasteiger partial charge in [-0.1, -0.05) is 20.8 Å². The molecule has 3 fully saturated rings. The van der Waals surface area contributed by atoms with E-state index in [2.05, 4.69) is 46.0 Å². The second kappa shape index (κ2) is 7.65. The second-order valence-corrected chi connectivity index (χ2v) is 8.76. The van der Waals surface area contributed by atoms with E-state index in [1.807, 2.05) is 18.2 Å². The molecule has 3 aliphatic carbocycles. The van der Waals surface area contributed by atoms with Gasteiger partial charge in [-0.2, -0.15) is 4.98 Å². The number of fused-ring (bicyclic) bond motifs is 3. The fraction of sp³-hybridized carbons (Fsp3) is 0.476. The number of allylic oxidation sites excluding steroid dienone is 1. The van der Waals surface area contributed by atoms with E-state index in [9.17, 15) is 5.11 Å². The van der Waals surface area contributed by atoms with Crippen molar-refractivity contribution in [2.24, 2.45) is 28.2 Å². The van der Waals surface area contributed by atoms with E-state index >= 15 is 0 Å². The van der Waals surface area contributed by atoms with Crippen molar-refractivity contribution >= 4 is 54.4 Å². The molecule has 3 heterocycles. The first-order valence-electron chi connectivity index (χ1n) is 9.70. The third kappa shape index (κ3) is 3.42. The minimum Gasteiger partial charge on any atom is -0.492 e. The van der Waals surface area contributed by atoms with Gasteiger partial charge in [0.1, 0.15) is 5.69 Å². The lowest BCUT2D eigenvalue weighted by molar-refractivity contribution is -0.105. The van der Waals surface area contributed by atoms with Gasteiger partial charge in [0.05, 0.1) is 0 Å². The molecule has 1 unspecified atom stereocenters. The quantitative estimate of drug-likeness (QED) is 0.626. The molecule has 0 aromatic carbocycles. The number of aromatic hydroxyl groups is 1. The molecule has 29 heavy (non-hydrogen) atoms. The van der Waals surface area contributed by atoms with Gasteiger partial charge < -0.3 is 15.4 Å². The normalized spacial score (nSPS) is 29.4. The number of aromatic nitrogens is 3. The van der Waals surface area contributed by atoms with Gasteiger partial charge >= 0.3 is 0 Å². The molecule has 2 bridgehead atoms. The fourth-order valence-electron chi connectivity index (χ4n) is 5.26. The molecule has 4 atom stereocenters. The number of aromatic amines is 1. The maximum absolute atomic E-state index is 10.3. The molecule has 2 aromatic rings. The molecule has 1 aliphatic heterocycles. The number of imidazole rings is 1. The van der Waals surface area contributed by atoms with Gasteiger partial charge in [0.25, 0.3) is 0 Å². The Morgan fingerprint density at radius 2 is 2.07 bits per heavy atom. The van der Waals surface area contributed by atoms with Crippen molar-refractivity contribution in [1.82, 2.24) is 15.0 Å². The number of halogens is 2. The minimum atomic E-state index is 0. The van der Waals surface area contributed by atoms with Crippen LogP contribution in [0.2, 0.25) is 0 Å². The number of pyridine rings is 1. The highest BCUT2D eigenvalue weighted by Gasteiger charge is 2.56. The lowest BCUT2D eigenvalue weighted by atomic mass is 9.45. The zero-order valence-electron chi connectivity index (χ0n) is 16.7. The summed E-state index contributed by atoms with van der Waals surface area (Å²) in [6.45, 7) is 7.14. The van der Waals surface area contributed by atoms with Crippen molar-refractivity contribution < 1.29 is 5.11 Å². The molecule has 0 radical (unpaired) electrons. The number of nitrogens with one attached hydrogen (secondary N) is 2. The Morgan fingerprint density at radius 3 is 2.79 bits per heavy atom. The summed E-state index contributed by atoms with van der Waals surface area (Å²) in [7, 11) is 0. The van der Waals surface area contributed by atoms with Gasteiger partial charge in [-0.05, 0) is 54.2 Å². The van der Waals surface area contributed by atoms with E-state index in [-0.39, 0.29) is 30.7 Å². The molecule has 8 heteroatoms. The van der Waals surface area contributed by atoms with Gasteiger partial charge in [-0.3, -0.25) is 0 Å².